The Morgan fingerprint density at radius 1 is 1.14 bits per heavy atom. The monoisotopic (exact) mass is 401 g/mol. The van der Waals surface area contributed by atoms with E-state index in [9.17, 15) is 14.0 Å². The number of carbonyl (C=O) groups excluding carboxylic acids is 2. The molecule has 3 N–H and O–H groups in total. The number of halogens is 1. The lowest BCUT2D eigenvalue weighted by Gasteiger charge is -2.29. The van der Waals surface area contributed by atoms with Gasteiger partial charge in [-0.3, -0.25) is 4.79 Å². The first kappa shape index (κ1) is 20.2. The molecule has 0 aliphatic carbocycles. The Labute approximate surface area is 168 Å². The van der Waals surface area contributed by atoms with Crippen LogP contribution in [0.1, 0.15) is 31.9 Å². The van der Waals surface area contributed by atoms with E-state index in [-0.39, 0.29) is 23.7 Å². The van der Waals surface area contributed by atoms with Gasteiger partial charge in [0.05, 0.1) is 6.04 Å². The average molecular weight is 402 g/mol. The number of nitrogens with one attached hydrogen (secondary N) is 3. The van der Waals surface area contributed by atoms with Crippen LogP contribution in [0.15, 0.2) is 53.4 Å². The van der Waals surface area contributed by atoms with Gasteiger partial charge in [-0.15, -0.1) is 11.8 Å². The lowest BCUT2D eigenvalue weighted by Crippen LogP contribution is -2.51. The SMILES string of the molecule is CC(C)C(NC(=O)Nc1ccccc1)C(=O)NC1CCSc2ccc(F)cc21. The molecule has 2 unspecified atom stereocenters. The summed E-state index contributed by atoms with van der Waals surface area (Å²) in [6.07, 6.45) is 0.716. The summed E-state index contributed by atoms with van der Waals surface area (Å²) in [4.78, 5) is 26.2. The molecule has 28 heavy (non-hydrogen) atoms. The van der Waals surface area contributed by atoms with E-state index in [1.165, 1.54) is 12.1 Å². The second-order valence-electron chi connectivity index (χ2n) is 7.07. The van der Waals surface area contributed by atoms with Crippen LogP contribution in [0.5, 0.6) is 0 Å². The van der Waals surface area contributed by atoms with Crippen molar-refractivity contribution in [3.05, 3.63) is 59.9 Å². The van der Waals surface area contributed by atoms with Crippen molar-refractivity contribution in [2.75, 3.05) is 11.1 Å². The van der Waals surface area contributed by atoms with Crippen LogP contribution in [0, 0.1) is 11.7 Å². The summed E-state index contributed by atoms with van der Waals surface area (Å²) in [6, 6.07) is 12.3. The summed E-state index contributed by atoms with van der Waals surface area (Å²) in [5.74, 6) is 0.149. The molecular weight excluding hydrogens is 377 g/mol. The predicted molar refractivity (Wildman–Crippen MR) is 110 cm³/mol. The topological polar surface area (TPSA) is 70.2 Å². The molecule has 3 rings (SSSR count). The number of para-hydroxylation sites is 1. The number of urea groups is 1. The molecule has 2 atom stereocenters. The highest BCUT2D eigenvalue weighted by Gasteiger charge is 2.29. The number of amides is 3. The van der Waals surface area contributed by atoms with Gasteiger partial charge in [0, 0.05) is 16.3 Å². The maximum Gasteiger partial charge on any atom is 0.319 e. The standard InChI is InChI=1S/C21H24FN3O2S/c1-13(2)19(25-21(27)23-15-6-4-3-5-7-15)20(26)24-17-10-11-28-18-9-8-14(22)12-16(17)18/h3-9,12-13,17,19H,10-11H2,1-2H3,(H,24,26)(H2,23,25,27). The highest BCUT2D eigenvalue weighted by molar-refractivity contribution is 7.99. The molecule has 1 aliphatic heterocycles. The zero-order chi connectivity index (χ0) is 20.1. The molecule has 1 heterocycles. The molecule has 2 aromatic rings. The molecule has 0 saturated heterocycles. The summed E-state index contributed by atoms with van der Waals surface area (Å²) in [6.45, 7) is 3.74. The van der Waals surface area contributed by atoms with E-state index in [1.807, 2.05) is 32.0 Å². The van der Waals surface area contributed by atoms with Gasteiger partial charge in [-0.05, 0) is 48.2 Å². The number of carbonyl (C=O) groups is 2. The Hall–Kier alpha value is -2.54. The molecular formula is C21H24FN3O2S. The van der Waals surface area contributed by atoms with Gasteiger partial charge >= 0.3 is 6.03 Å². The van der Waals surface area contributed by atoms with Crippen LogP contribution in [0.25, 0.3) is 0 Å². The van der Waals surface area contributed by atoms with Crippen molar-refractivity contribution in [2.24, 2.45) is 5.92 Å². The molecule has 0 bridgehead atoms. The van der Waals surface area contributed by atoms with Gasteiger partial charge in [0.2, 0.25) is 5.91 Å². The van der Waals surface area contributed by atoms with Crippen molar-refractivity contribution in [3.8, 4) is 0 Å². The number of anilines is 1. The van der Waals surface area contributed by atoms with E-state index < -0.39 is 12.1 Å². The molecule has 0 fully saturated rings. The van der Waals surface area contributed by atoms with Gasteiger partial charge in [0.15, 0.2) is 0 Å². The lowest BCUT2D eigenvalue weighted by atomic mass is 10.00. The molecule has 0 spiro atoms. The highest BCUT2D eigenvalue weighted by atomic mass is 32.2. The second-order valence-corrected chi connectivity index (χ2v) is 8.20. The van der Waals surface area contributed by atoms with Crippen LogP contribution in [-0.4, -0.2) is 23.7 Å². The zero-order valence-electron chi connectivity index (χ0n) is 15.9. The van der Waals surface area contributed by atoms with Gasteiger partial charge in [0.1, 0.15) is 11.9 Å². The Morgan fingerprint density at radius 3 is 2.61 bits per heavy atom. The fraction of sp³-hybridized carbons (Fsp3) is 0.333. The van der Waals surface area contributed by atoms with Crippen molar-refractivity contribution in [1.82, 2.24) is 10.6 Å². The number of rotatable bonds is 5. The van der Waals surface area contributed by atoms with Crippen LogP contribution < -0.4 is 16.0 Å². The van der Waals surface area contributed by atoms with E-state index in [1.54, 1.807) is 30.0 Å². The maximum atomic E-state index is 13.7. The summed E-state index contributed by atoms with van der Waals surface area (Å²) >= 11 is 1.66. The molecule has 0 saturated carbocycles. The predicted octanol–water partition coefficient (Wildman–Crippen LogP) is 4.33. The highest BCUT2D eigenvalue weighted by Crippen LogP contribution is 2.36. The Morgan fingerprint density at radius 2 is 1.89 bits per heavy atom. The number of fused-ring (bicyclic) bond motifs is 1. The van der Waals surface area contributed by atoms with E-state index in [2.05, 4.69) is 16.0 Å². The van der Waals surface area contributed by atoms with Crippen molar-refractivity contribution in [3.63, 3.8) is 0 Å². The molecule has 0 aromatic heterocycles. The number of thioether (sulfide) groups is 1. The molecule has 3 amide bonds. The minimum Gasteiger partial charge on any atom is -0.347 e. The second kappa shape index (κ2) is 9.10. The third-order valence-corrected chi connectivity index (χ3v) is 5.72. The average Bonchev–Trinajstić information content (AvgIpc) is 2.67. The van der Waals surface area contributed by atoms with E-state index in [0.717, 1.165) is 16.2 Å². The van der Waals surface area contributed by atoms with Crippen molar-refractivity contribution in [2.45, 2.75) is 37.2 Å². The quantitative estimate of drug-likeness (QED) is 0.699. The van der Waals surface area contributed by atoms with Crippen LogP contribution in [-0.2, 0) is 4.79 Å². The molecule has 0 radical (unpaired) electrons. The third kappa shape index (κ3) is 5.04. The van der Waals surface area contributed by atoms with Gasteiger partial charge in [-0.2, -0.15) is 0 Å². The smallest absolute Gasteiger partial charge is 0.319 e. The summed E-state index contributed by atoms with van der Waals surface area (Å²) < 4.78 is 13.7. The fourth-order valence-electron chi connectivity index (χ4n) is 3.14. The van der Waals surface area contributed by atoms with Gasteiger partial charge in [-0.1, -0.05) is 32.0 Å². The van der Waals surface area contributed by atoms with Crippen LogP contribution in [0.3, 0.4) is 0 Å². The first-order chi connectivity index (χ1) is 13.4. The minimum atomic E-state index is -0.699. The largest absolute Gasteiger partial charge is 0.347 e. The van der Waals surface area contributed by atoms with Crippen LogP contribution in [0.2, 0.25) is 0 Å². The Balaban J connectivity index is 1.67. The fourth-order valence-corrected chi connectivity index (χ4v) is 4.25. The van der Waals surface area contributed by atoms with E-state index in [4.69, 9.17) is 0 Å². The summed E-state index contributed by atoms with van der Waals surface area (Å²) in [7, 11) is 0. The van der Waals surface area contributed by atoms with Crippen molar-refractivity contribution in [1.29, 1.82) is 0 Å². The Kier molecular flexibility index (Phi) is 6.57. The Bertz CT molecular complexity index is 845. The van der Waals surface area contributed by atoms with Gasteiger partial charge < -0.3 is 16.0 Å². The molecule has 1 aliphatic rings. The summed E-state index contributed by atoms with van der Waals surface area (Å²) in [5, 5.41) is 8.47. The maximum absolute atomic E-state index is 13.7. The third-order valence-electron chi connectivity index (χ3n) is 4.60. The molecule has 2 aromatic carbocycles. The van der Waals surface area contributed by atoms with Crippen LogP contribution >= 0.6 is 11.8 Å². The molecule has 148 valence electrons. The van der Waals surface area contributed by atoms with E-state index >= 15 is 0 Å². The lowest BCUT2D eigenvalue weighted by molar-refractivity contribution is -0.124. The summed E-state index contributed by atoms with van der Waals surface area (Å²) in [5.41, 5.74) is 1.44. The number of hydrogen-bond donors (Lipinski definition) is 3. The minimum absolute atomic E-state index is 0.105. The van der Waals surface area contributed by atoms with Gasteiger partial charge in [-0.25, -0.2) is 9.18 Å². The van der Waals surface area contributed by atoms with Crippen molar-refractivity contribution < 1.29 is 14.0 Å². The van der Waals surface area contributed by atoms with Gasteiger partial charge in [0.25, 0.3) is 0 Å². The van der Waals surface area contributed by atoms with E-state index in [0.29, 0.717) is 12.1 Å². The van der Waals surface area contributed by atoms with Crippen molar-refractivity contribution >= 4 is 29.4 Å². The normalized spacial score (nSPS) is 16.8. The van der Waals surface area contributed by atoms with Crippen LogP contribution in [0.4, 0.5) is 14.9 Å². The number of benzene rings is 2. The molecule has 5 nitrogen and oxygen atoms in total. The molecule has 7 heteroatoms. The number of hydrogen-bond acceptors (Lipinski definition) is 3. The first-order valence-electron chi connectivity index (χ1n) is 9.29. The zero-order valence-corrected chi connectivity index (χ0v) is 16.7. The first-order valence-corrected chi connectivity index (χ1v) is 10.3.